The highest BCUT2D eigenvalue weighted by atomic mass is 16.5. The van der Waals surface area contributed by atoms with Gasteiger partial charge < -0.3 is 19.1 Å². The van der Waals surface area contributed by atoms with Crippen LogP contribution in [0.5, 0.6) is 0 Å². The van der Waals surface area contributed by atoms with E-state index in [1.54, 1.807) is 35.1 Å². The molecule has 7 nitrogen and oxygen atoms in total. The van der Waals surface area contributed by atoms with E-state index in [4.69, 9.17) is 9.84 Å². The topological polar surface area (TPSA) is 84.1 Å². The third-order valence-corrected chi connectivity index (χ3v) is 2.81. The Morgan fingerprint density at radius 3 is 2.95 bits per heavy atom. The molecule has 0 bridgehead atoms. The van der Waals surface area contributed by atoms with Gasteiger partial charge >= 0.3 is 5.97 Å². The molecule has 2 rings (SSSR count). The molecule has 7 heteroatoms. The summed E-state index contributed by atoms with van der Waals surface area (Å²) in [5.74, 6) is -1.40. The number of nitrogens with zero attached hydrogens (tertiary/aromatic N) is 3. The monoisotopic (exact) mass is 277 g/mol. The normalized spacial score (nSPS) is 10.7. The Morgan fingerprint density at radius 2 is 2.25 bits per heavy atom. The number of imidazole rings is 1. The summed E-state index contributed by atoms with van der Waals surface area (Å²) in [7, 11) is 1.50. The van der Waals surface area contributed by atoms with Gasteiger partial charge in [0.1, 0.15) is 12.2 Å². The first-order chi connectivity index (χ1) is 9.61. The van der Waals surface area contributed by atoms with Crippen molar-refractivity contribution in [2.75, 3.05) is 26.8 Å². The predicted octanol–water partition coefficient (Wildman–Crippen LogP) is 0.507. The molecule has 20 heavy (non-hydrogen) atoms. The van der Waals surface area contributed by atoms with E-state index in [1.807, 2.05) is 0 Å². The molecule has 0 radical (unpaired) electrons. The molecule has 0 fully saturated rings. The molecule has 0 saturated carbocycles. The lowest BCUT2D eigenvalue weighted by atomic mass is 10.2. The van der Waals surface area contributed by atoms with E-state index in [0.717, 1.165) is 5.65 Å². The quantitative estimate of drug-likeness (QED) is 0.831. The molecule has 2 aromatic rings. The van der Waals surface area contributed by atoms with Gasteiger partial charge in [0.25, 0.3) is 5.91 Å². The van der Waals surface area contributed by atoms with Crippen LogP contribution in [0.2, 0.25) is 0 Å². The molecular weight excluding hydrogens is 262 g/mol. The first kappa shape index (κ1) is 14.0. The van der Waals surface area contributed by atoms with Crippen molar-refractivity contribution in [2.45, 2.75) is 0 Å². The summed E-state index contributed by atoms with van der Waals surface area (Å²) in [6, 6.07) is 3.34. The van der Waals surface area contributed by atoms with Crippen LogP contribution in [0.4, 0.5) is 0 Å². The molecule has 0 aliphatic rings. The highest BCUT2D eigenvalue weighted by Crippen LogP contribution is 2.08. The zero-order valence-corrected chi connectivity index (χ0v) is 11.0. The minimum absolute atomic E-state index is 0.226. The van der Waals surface area contributed by atoms with Gasteiger partial charge in [-0.05, 0) is 12.1 Å². The summed E-state index contributed by atoms with van der Waals surface area (Å²) < 4.78 is 6.61. The summed E-state index contributed by atoms with van der Waals surface area (Å²) >= 11 is 0. The number of hydrogen-bond donors (Lipinski definition) is 1. The number of carboxylic acids is 1. The van der Waals surface area contributed by atoms with Gasteiger partial charge in [-0.3, -0.25) is 9.59 Å². The number of rotatable bonds is 6. The van der Waals surface area contributed by atoms with E-state index in [0.29, 0.717) is 5.56 Å². The van der Waals surface area contributed by atoms with Gasteiger partial charge in [0.05, 0.1) is 12.2 Å². The number of pyridine rings is 1. The first-order valence-corrected chi connectivity index (χ1v) is 6.04. The maximum absolute atomic E-state index is 12.3. The van der Waals surface area contributed by atoms with Crippen LogP contribution in [0.1, 0.15) is 10.4 Å². The van der Waals surface area contributed by atoms with Gasteiger partial charge in [0, 0.05) is 32.2 Å². The predicted molar refractivity (Wildman–Crippen MR) is 70.6 cm³/mol. The van der Waals surface area contributed by atoms with Crippen molar-refractivity contribution in [3.63, 3.8) is 0 Å². The molecule has 0 unspecified atom stereocenters. The van der Waals surface area contributed by atoms with Gasteiger partial charge in [0.2, 0.25) is 0 Å². The molecule has 0 spiro atoms. The van der Waals surface area contributed by atoms with Gasteiger partial charge in [-0.25, -0.2) is 4.98 Å². The molecule has 0 aliphatic heterocycles. The Kier molecular flexibility index (Phi) is 4.31. The number of carboxylic acid groups (broad SMARTS) is 1. The van der Waals surface area contributed by atoms with E-state index in [1.165, 1.54) is 12.0 Å². The zero-order valence-electron chi connectivity index (χ0n) is 11.0. The number of carbonyl (C=O) groups is 2. The summed E-state index contributed by atoms with van der Waals surface area (Å²) in [6.45, 7) is 0.153. The van der Waals surface area contributed by atoms with E-state index in [-0.39, 0.29) is 25.6 Å². The Morgan fingerprint density at radius 1 is 1.45 bits per heavy atom. The fourth-order valence-corrected chi connectivity index (χ4v) is 1.85. The summed E-state index contributed by atoms with van der Waals surface area (Å²) in [5.41, 5.74) is 1.14. The minimum Gasteiger partial charge on any atom is -0.480 e. The lowest BCUT2D eigenvalue weighted by molar-refractivity contribution is -0.137. The highest BCUT2D eigenvalue weighted by Gasteiger charge is 2.18. The number of fused-ring (bicyclic) bond motifs is 1. The molecule has 0 aromatic carbocycles. The summed E-state index contributed by atoms with van der Waals surface area (Å²) in [6.07, 6.45) is 4.98. The van der Waals surface area contributed by atoms with Crippen LogP contribution >= 0.6 is 0 Å². The van der Waals surface area contributed by atoms with Crippen LogP contribution < -0.4 is 0 Å². The lowest BCUT2D eigenvalue weighted by Crippen LogP contribution is -2.38. The SMILES string of the molecule is COCCN(CC(=O)O)C(=O)c1ccc2nccn2c1. The Bertz CT molecular complexity index is 623. The van der Waals surface area contributed by atoms with Crippen molar-refractivity contribution in [3.05, 3.63) is 36.3 Å². The van der Waals surface area contributed by atoms with Crippen molar-refractivity contribution in [2.24, 2.45) is 0 Å². The molecule has 0 atom stereocenters. The Labute approximate surface area is 115 Å². The van der Waals surface area contributed by atoms with E-state index in [2.05, 4.69) is 4.98 Å². The van der Waals surface area contributed by atoms with Gasteiger partial charge in [-0.1, -0.05) is 0 Å². The summed E-state index contributed by atoms with van der Waals surface area (Å²) in [4.78, 5) is 28.5. The lowest BCUT2D eigenvalue weighted by Gasteiger charge is -2.20. The van der Waals surface area contributed by atoms with Crippen molar-refractivity contribution >= 4 is 17.5 Å². The van der Waals surface area contributed by atoms with Crippen LogP contribution in [0, 0.1) is 0 Å². The maximum atomic E-state index is 12.3. The number of carbonyl (C=O) groups excluding carboxylic acids is 1. The molecule has 106 valence electrons. The fourth-order valence-electron chi connectivity index (χ4n) is 1.85. The van der Waals surface area contributed by atoms with E-state index >= 15 is 0 Å². The molecule has 0 saturated heterocycles. The van der Waals surface area contributed by atoms with Crippen molar-refractivity contribution in [1.82, 2.24) is 14.3 Å². The first-order valence-electron chi connectivity index (χ1n) is 6.04. The fraction of sp³-hybridized carbons (Fsp3) is 0.308. The van der Waals surface area contributed by atoms with E-state index in [9.17, 15) is 9.59 Å². The van der Waals surface area contributed by atoms with Crippen LogP contribution in [0.25, 0.3) is 5.65 Å². The highest BCUT2D eigenvalue weighted by molar-refractivity contribution is 5.95. The standard InChI is InChI=1S/C13H15N3O4/c1-20-7-6-16(9-12(17)18)13(19)10-2-3-11-14-4-5-15(11)8-10/h2-5,8H,6-7,9H2,1H3,(H,17,18). The van der Waals surface area contributed by atoms with Gasteiger partial charge in [-0.15, -0.1) is 0 Å². The number of amides is 1. The molecule has 2 heterocycles. The Hall–Kier alpha value is -2.41. The third-order valence-electron chi connectivity index (χ3n) is 2.81. The number of aliphatic carboxylic acids is 1. The smallest absolute Gasteiger partial charge is 0.323 e. The second-order valence-corrected chi connectivity index (χ2v) is 4.22. The van der Waals surface area contributed by atoms with Crippen LogP contribution in [-0.2, 0) is 9.53 Å². The van der Waals surface area contributed by atoms with Crippen molar-refractivity contribution < 1.29 is 19.4 Å². The number of aromatic nitrogens is 2. The van der Waals surface area contributed by atoms with Crippen LogP contribution in [-0.4, -0.2) is 58.1 Å². The summed E-state index contributed by atoms with van der Waals surface area (Å²) in [5, 5.41) is 8.87. The molecule has 2 aromatic heterocycles. The Balaban J connectivity index is 2.22. The average Bonchev–Trinajstić information content (AvgIpc) is 2.89. The van der Waals surface area contributed by atoms with Crippen LogP contribution in [0.3, 0.4) is 0 Å². The molecule has 1 amide bonds. The second-order valence-electron chi connectivity index (χ2n) is 4.22. The van der Waals surface area contributed by atoms with Crippen molar-refractivity contribution in [1.29, 1.82) is 0 Å². The number of ether oxygens (including phenoxy) is 1. The van der Waals surface area contributed by atoms with Crippen molar-refractivity contribution in [3.8, 4) is 0 Å². The molecular formula is C13H15N3O4. The third kappa shape index (κ3) is 3.12. The average molecular weight is 277 g/mol. The second kappa shape index (κ2) is 6.16. The zero-order chi connectivity index (χ0) is 14.5. The number of methoxy groups -OCH3 is 1. The molecule has 1 N–H and O–H groups in total. The minimum atomic E-state index is -1.06. The van der Waals surface area contributed by atoms with Gasteiger partial charge in [0.15, 0.2) is 0 Å². The van der Waals surface area contributed by atoms with Crippen LogP contribution in [0.15, 0.2) is 30.7 Å². The molecule has 0 aliphatic carbocycles. The largest absolute Gasteiger partial charge is 0.480 e. The van der Waals surface area contributed by atoms with Gasteiger partial charge in [-0.2, -0.15) is 0 Å². The van der Waals surface area contributed by atoms with E-state index < -0.39 is 5.97 Å². The number of hydrogen-bond acceptors (Lipinski definition) is 4. The maximum Gasteiger partial charge on any atom is 0.323 e.